The summed E-state index contributed by atoms with van der Waals surface area (Å²) >= 11 is 0. The fourth-order valence-corrected chi connectivity index (χ4v) is 2.21. The molecule has 2 N–H and O–H groups in total. The van der Waals surface area contributed by atoms with Crippen LogP contribution in [0.2, 0.25) is 0 Å². The van der Waals surface area contributed by atoms with Gasteiger partial charge in [0.2, 0.25) is 0 Å². The Labute approximate surface area is 127 Å². The fraction of sp³-hybridized carbons (Fsp3) is 0.312. The van der Waals surface area contributed by atoms with Crippen molar-refractivity contribution in [3.05, 3.63) is 46.2 Å². The molecule has 1 unspecified atom stereocenters. The molecule has 22 heavy (non-hydrogen) atoms. The summed E-state index contributed by atoms with van der Waals surface area (Å²) < 4.78 is 1.45. The summed E-state index contributed by atoms with van der Waals surface area (Å²) in [6, 6.07) is 8.24. The van der Waals surface area contributed by atoms with Gasteiger partial charge in [-0.2, -0.15) is 0 Å². The molecule has 6 nitrogen and oxygen atoms in total. The van der Waals surface area contributed by atoms with Gasteiger partial charge in [0.15, 0.2) is 0 Å². The molecule has 0 fully saturated rings. The first-order valence-corrected chi connectivity index (χ1v) is 6.95. The minimum absolute atomic E-state index is 0.180. The van der Waals surface area contributed by atoms with Gasteiger partial charge in [0.1, 0.15) is 5.54 Å². The molecule has 0 radical (unpaired) electrons. The molecule has 0 saturated carbocycles. The van der Waals surface area contributed by atoms with Gasteiger partial charge in [0.25, 0.3) is 11.5 Å². The Kier molecular flexibility index (Phi) is 4.03. The molecule has 1 atom stereocenters. The van der Waals surface area contributed by atoms with E-state index in [-0.39, 0.29) is 17.5 Å². The molecule has 0 aliphatic carbocycles. The summed E-state index contributed by atoms with van der Waals surface area (Å²) in [5.74, 6) is -1.68. The van der Waals surface area contributed by atoms with Gasteiger partial charge in [-0.3, -0.25) is 9.59 Å². The van der Waals surface area contributed by atoms with Gasteiger partial charge in [-0.25, -0.2) is 4.79 Å². The second-order valence-corrected chi connectivity index (χ2v) is 5.42. The minimum atomic E-state index is -1.38. The topological polar surface area (TPSA) is 88.4 Å². The molecule has 2 aromatic rings. The first-order chi connectivity index (χ1) is 10.3. The van der Waals surface area contributed by atoms with E-state index in [1.807, 2.05) is 0 Å². The summed E-state index contributed by atoms with van der Waals surface area (Å²) in [6.45, 7) is 3.12. The highest BCUT2D eigenvalue weighted by Crippen LogP contribution is 2.18. The third kappa shape index (κ3) is 2.59. The number of aliphatic carboxylic acids is 1. The van der Waals surface area contributed by atoms with Crippen LogP contribution in [-0.4, -0.2) is 27.1 Å². The van der Waals surface area contributed by atoms with Crippen LogP contribution in [0.15, 0.2) is 35.1 Å². The summed E-state index contributed by atoms with van der Waals surface area (Å²) in [6.07, 6.45) is 0.233. The van der Waals surface area contributed by atoms with Gasteiger partial charge in [-0.1, -0.05) is 25.1 Å². The second-order valence-electron chi connectivity index (χ2n) is 5.42. The Hall–Kier alpha value is -2.63. The van der Waals surface area contributed by atoms with E-state index in [0.717, 1.165) is 0 Å². The van der Waals surface area contributed by atoms with Crippen molar-refractivity contribution in [2.75, 3.05) is 0 Å². The minimum Gasteiger partial charge on any atom is -0.480 e. The third-order valence-corrected chi connectivity index (χ3v) is 3.97. The predicted molar refractivity (Wildman–Crippen MR) is 83.0 cm³/mol. The molecule has 1 amide bonds. The van der Waals surface area contributed by atoms with Crippen LogP contribution >= 0.6 is 0 Å². The Morgan fingerprint density at radius 3 is 2.55 bits per heavy atom. The number of aryl methyl sites for hydroxylation is 1. The summed E-state index contributed by atoms with van der Waals surface area (Å²) in [5, 5.41) is 12.4. The summed E-state index contributed by atoms with van der Waals surface area (Å²) in [7, 11) is 1.62. The van der Waals surface area contributed by atoms with Crippen LogP contribution in [-0.2, 0) is 11.8 Å². The number of pyridine rings is 1. The van der Waals surface area contributed by atoms with Crippen LogP contribution in [0.4, 0.5) is 0 Å². The van der Waals surface area contributed by atoms with E-state index in [1.165, 1.54) is 17.6 Å². The van der Waals surface area contributed by atoms with Crippen molar-refractivity contribution >= 4 is 22.8 Å². The van der Waals surface area contributed by atoms with Gasteiger partial charge >= 0.3 is 5.97 Å². The van der Waals surface area contributed by atoms with Crippen molar-refractivity contribution in [2.45, 2.75) is 25.8 Å². The lowest BCUT2D eigenvalue weighted by Gasteiger charge is -2.25. The summed E-state index contributed by atoms with van der Waals surface area (Å²) in [5.41, 5.74) is -0.898. The van der Waals surface area contributed by atoms with Crippen LogP contribution in [0.1, 0.15) is 30.6 Å². The Balaban J connectivity index is 2.56. The van der Waals surface area contributed by atoms with E-state index in [9.17, 15) is 19.5 Å². The molecule has 0 aliphatic heterocycles. The average molecular weight is 302 g/mol. The standard InChI is InChI=1S/C16H18N2O4/c1-4-16(2,15(21)22)17-14(20)11-9-13(19)18(3)12-8-6-5-7-10(11)12/h5-9H,4H2,1-3H3,(H,17,20)(H,21,22). The predicted octanol–water partition coefficient (Wildman–Crippen LogP) is 1.52. The smallest absolute Gasteiger partial charge is 0.329 e. The lowest BCUT2D eigenvalue weighted by atomic mass is 9.98. The van der Waals surface area contributed by atoms with E-state index < -0.39 is 17.4 Å². The average Bonchev–Trinajstić information content (AvgIpc) is 2.50. The largest absolute Gasteiger partial charge is 0.480 e. The number of hydrogen-bond donors (Lipinski definition) is 2. The van der Waals surface area contributed by atoms with Crippen LogP contribution in [0.25, 0.3) is 10.9 Å². The first-order valence-electron chi connectivity index (χ1n) is 6.95. The molecule has 0 aliphatic rings. The highest BCUT2D eigenvalue weighted by atomic mass is 16.4. The number of nitrogens with zero attached hydrogens (tertiary/aromatic N) is 1. The number of fused-ring (bicyclic) bond motifs is 1. The van der Waals surface area contributed by atoms with E-state index in [4.69, 9.17) is 0 Å². The van der Waals surface area contributed by atoms with Crippen molar-refractivity contribution in [3.63, 3.8) is 0 Å². The van der Waals surface area contributed by atoms with Crippen molar-refractivity contribution in [2.24, 2.45) is 7.05 Å². The Bertz CT molecular complexity index is 809. The maximum absolute atomic E-state index is 12.5. The number of carboxylic acid groups (broad SMARTS) is 1. The van der Waals surface area contributed by atoms with Crippen molar-refractivity contribution in [3.8, 4) is 0 Å². The van der Waals surface area contributed by atoms with Gasteiger partial charge < -0.3 is 15.0 Å². The van der Waals surface area contributed by atoms with E-state index >= 15 is 0 Å². The number of nitrogens with one attached hydrogen (secondary N) is 1. The van der Waals surface area contributed by atoms with E-state index in [1.54, 1.807) is 38.2 Å². The number of carbonyl (C=O) groups is 2. The van der Waals surface area contributed by atoms with Crippen LogP contribution < -0.4 is 10.9 Å². The normalized spacial score (nSPS) is 13.6. The zero-order valence-electron chi connectivity index (χ0n) is 12.7. The maximum atomic E-state index is 12.5. The molecule has 0 spiro atoms. The zero-order chi connectivity index (χ0) is 16.5. The number of para-hydroxylation sites is 1. The van der Waals surface area contributed by atoms with Crippen molar-refractivity contribution in [1.29, 1.82) is 0 Å². The van der Waals surface area contributed by atoms with E-state index in [0.29, 0.717) is 10.9 Å². The molecule has 1 aromatic heterocycles. The number of benzene rings is 1. The number of hydrogen-bond acceptors (Lipinski definition) is 3. The maximum Gasteiger partial charge on any atom is 0.329 e. The Morgan fingerprint density at radius 1 is 1.32 bits per heavy atom. The second kappa shape index (κ2) is 5.63. The highest BCUT2D eigenvalue weighted by molar-refractivity contribution is 6.07. The number of rotatable bonds is 4. The number of amides is 1. The zero-order valence-corrected chi connectivity index (χ0v) is 12.7. The SMILES string of the molecule is CCC(C)(NC(=O)c1cc(=O)n(C)c2ccccc12)C(=O)O. The number of carbonyl (C=O) groups excluding carboxylic acids is 1. The molecule has 1 aromatic carbocycles. The van der Waals surface area contributed by atoms with Gasteiger partial charge in [-0.05, 0) is 19.4 Å². The lowest BCUT2D eigenvalue weighted by Crippen LogP contribution is -2.51. The monoisotopic (exact) mass is 302 g/mol. The molecule has 1 heterocycles. The van der Waals surface area contributed by atoms with E-state index in [2.05, 4.69) is 5.32 Å². The Morgan fingerprint density at radius 2 is 1.95 bits per heavy atom. The molecule has 0 bridgehead atoms. The molecule has 116 valence electrons. The van der Waals surface area contributed by atoms with Gasteiger partial charge in [0.05, 0.1) is 11.1 Å². The number of carboxylic acids is 1. The van der Waals surface area contributed by atoms with Crippen molar-refractivity contribution < 1.29 is 14.7 Å². The third-order valence-electron chi connectivity index (χ3n) is 3.97. The van der Waals surface area contributed by atoms with Crippen LogP contribution in [0.5, 0.6) is 0 Å². The van der Waals surface area contributed by atoms with Gasteiger partial charge in [0, 0.05) is 18.5 Å². The molecular formula is C16H18N2O4. The lowest BCUT2D eigenvalue weighted by molar-refractivity contribution is -0.143. The molecule has 2 rings (SSSR count). The van der Waals surface area contributed by atoms with Crippen LogP contribution in [0, 0.1) is 0 Å². The van der Waals surface area contributed by atoms with Crippen LogP contribution in [0.3, 0.4) is 0 Å². The van der Waals surface area contributed by atoms with Crippen molar-refractivity contribution in [1.82, 2.24) is 9.88 Å². The quantitative estimate of drug-likeness (QED) is 0.896. The first kappa shape index (κ1) is 15.8. The molecule has 6 heteroatoms. The number of aromatic nitrogens is 1. The molecule has 0 saturated heterocycles. The van der Waals surface area contributed by atoms with Gasteiger partial charge in [-0.15, -0.1) is 0 Å². The highest BCUT2D eigenvalue weighted by Gasteiger charge is 2.33. The molecular weight excluding hydrogens is 284 g/mol. The summed E-state index contributed by atoms with van der Waals surface area (Å²) in [4.78, 5) is 35.8. The fourth-order valence-electron chi connectivity index (χ4n) is 2.21.